The van der Waals surface area contributed by atoms with Crippen LogP contribution in [-0.2, 0) is 22.6 Å². The molecular formula is C22H32N4O2S. The number of carbonyl (C=O) groups excluding carboxylic acids is 2. The fraction of sp³-hybridized carbons (Fsp3) is 0.500. The topological polar surface area (TPSA) is 65.5 Å². The second-order valence-corrected chi connectivity index (χ2v) is 8.41. The summed E-state index contributed by atoms with van der Waals surface area (Å²) in [7, 11) is 5.30. The second kappa shape index (κ2) is 11.1. The van der Waals surface area contributed by atoms with E-state index < -0.39 is 6.04 Å². The molecule has 3 atom stereocenters. The van der Waals surface area contributed by atoms with Crippen LogP contribution in [0.5, 0.6) is 0 Å². The first-order chi connectivity index (χ1) is 13.9. The Morgan fingerprint density at radius 3 is 2.41 bits per heavy atom. The number of thiazole rings is 1. The Morgan fingerprint density at radius 1 is 1.17 bits per heavy atom. The number of rotatable bonds is 10. The van der Waals surface area contributed by atoms with Crippen LogP contribution in [0.3, 0.4) is 0 Å². The highest BCUT2D eigenvalue weighted by Crippen LogP contribution is 2.17. The number of nitrogens with zero attached hydrogens (tertiary/aromatic N) is 3. The van der Waals surface area contributed by atoms with Gasteiger partial charge in [0.05, 0.1) is 12.6 Å². The van der Waals surface area contributed by atoms with Gasteiger partial charge in [-0.3, -0.25) is 9.59 Å². The maximum atomic E-state index is 13.4. The molecule has 2 amide bonds. The van der Waals surface area contributed by atoms with E-state index >= 15 is 0 Å². The van der Waals surface area contributed by atoms with Gasteiger partial charge in [0.2, 0.25) is 11.8 Å². The summed E-state index contributed by atoms with van der Waals surface area (Å²) in [5, 5.41) is 5.91. The van der Waals surface area contributed by atoms with Crippen LogP contribution in [-0.4, -0.2) is 59.8 Å². The number of likely N-dealkylation sites (N-methyl/N-ethyl adjacent to an activating group) is 3. The van der Waals surface area contributed by atoms with Gasteiger partial charge in [0, 0.05) is 32.1 Å². The zero-order valence-electron chi connectivity index (χ0n) is 18.0. The lowest BCUT2D eigenvalue weighted by molar-refractivity contribution is -0.145. The highest BCUT2D eigenvalue weighted by molar-refractivity contribution is 7.09. The molecule has 2 rings (SSSR count). The normalized spacial score (nSPS) is 14.1. The van der Waals surface area contributed by atoms with Gasteiger partial charge in [0.1, 0.15) is 11.0 Å². The van der Waals surface area contributed by atoms with Crippen molar-refractivity contribution in [3.8, 4) is 0 Å². The van der Waals surface area contributed by atoms with Gasteiger partial charge < -0.3 is 15.1 Å². The van der Waals surface area contributed by atoms with E-state index in [2.05, 4.69) is 24.1 Å². The molecule has 6 nitrogen and oxygen atoms in total. The number of aromatic nitrogens is 1. The van der Waals surface area contributed by atoms with Crippen molar-refractivity contribution in [2.24, 2.45) is 5.92 Å². The molecule has 0 aliphatic carbocycles. The van der Waals surface area contributed by atoms with Gasteiger partial charge in [0.15, 0.2) is 0 Å². The van der Waals surface area contributed by atoms with Crippen molar-refractivity contribution < 1.29 is 9.59 Å². The standard InChI is InChI=1S/C22H32N4O2S/c1-6-16(2)20(23-3)22(28)26(5)18(14-17-10-8-7-9-11-17)21(27)25(4)15-19-24-12-13-29-19/h7-13,16,18,20,23H,6,14-15H2,1-5H3/t16-,18-,20-/m0/s1. The molecule has 0 saturated carbocycles. The third kappa shape index (κ3) is 6.11. The van der Waals surface area contributed by atoms with E-state index in [0.717, 1.165) is 17.0 Å². The molecule has 1 heterocycles. The predicted molar refractivity (Wildman–Crippen MR) is 118 cm³/mol. The summed E-state index contributed by atoms with van der Waals surface area (Å²) >= 11 is 1.52. The minimum atomic E-state index is -0.574. The highest BCUT2D eigenvalue weighted by atomic mass is 32.1. The molecule has 2 aromatic rings. The molecular weight excluding hydrogens is 384 g/mol. The summed E-state index contributed by atoms with van der Waals surface area (Å²) in [6.45, 7) is 4.55. The van der Waals surface area contributed by atoms with Crippen LogP contribution in [0, 0.1) is 5.92 Å². The fourth-order valence-electron chi connectivity index (χ4n) is 3.35. The first-order valence-corrected chi connectivity index (χ1v) is 10.9. The van der Waals surface area contributed by atoms with Crippen molar-refractivity contribution in [3.05, 3.63) is 52.5 Å². The van der Waals surface area contributed by atoms with Gasteiger partial charge in [-0.1, -0.05) is 50.6 Å². The number of hydrogen-bond acceptors (Lipinski definition) is 5. The molecule has 0 bridgehead atoms. The van der Waals surface area contributed by atoms with E-state index in [-0.39, 0.29) is 23.8 Å². The number of nitrogens with one attached hydrogen (secondary N) is 1. The number of carbonyl (C=O) groups is 2. The quantitative estimate of drug-likeness (QED) is 0.647. The Labute approximate surface area is 177 Å². The molecule has 0 saturated heterocycles. The zero-order valence-corrected chi connectivity index (χ0v) is 18.8. The van der Waals surface area contributed by atoms with Gasteiger partial charge in [-0.25, -0.2) is 4.98 Å². The summed E-state index contributed by atoms with van der Waals surface area (Å²) in [5.41, 5.74) is 1.03. The van der Waals surface area contributed by atoms with Crippen molar-refractivity contribution in [3.63, 3.8) is 0 Å². The molecule has 1 aromatic heterocycles. The van der Waals surface area contributed by atoms with Crippen LogP contribution < -0.4 is 5.32 Å². The Kier molecular flexibility index (Phi) is 8.79. The van der Waals surface area contributed by atoms with Gasteiger partial charge in [-0.05, 0) is 18.5 Å². The van der Waals surface area contributed by atoms with E-state index in [1.165, 1.54) is 11.3 Å². The Balaban J connectivity index is 2.25. The van der Waals surface area contributed by atoms with Gasteiger partial charge in [-0.15, -0.1) is 11.3 Å². The molecule has 1 aromatic carbocycles. The summed E-state index contributed by atoms with van der Waals surface area (Å²) in [6, 6.07) is 8.94. The number of amides is 2. The van der Waals surface area contributed by atoms with Crippen molar-refractivity contribution in [1.82, 2.24) is 20.1 Å². The summed E-state index contributed by atoms with van der Waals surface area (Å²) in [4.78, 5) is 34.1. The predicted octanol–water partition coefficient (Wildman–Crippen LogP) is 2.81. The monoisotopic (exact) mass is 416 g/mol. The minimum Gasteiger partial charge on any atom is -0.337 e. The lowest BCUT2D eigenvalue weighted by Gasteiger charge is -2.34. The van der Waals surface area contributed by atoms with Crippen molar-refractivity contribution >= 4 is 23.2 Å². The van der Waals surface area contributed by atoms with Crippen molar-refractivity contribution in [2.45, 2.75) is 45.3 Å². The molecule has 158 valence electrons. The Hall–Kier alpha value is -2.25. The maximum Gasteiger partial charge on any atom is 0.245 e. The molecule has 0 radical (unpaired) electrons. The van der Waals surface area contributed by atoms with Gasteiger partial charge in [-0.2, -0.15) is 0 Å². The van der Waals surface area contributed by atoms with Crippen LogP contribution in [0.4, 0.5) is 0 Å². The number of hydrogen-bond donors (Lipinski definition) is 1. The summed E-state index contributed by atoms with van der Waals surface area (Å²) in [6.07, 6.45) is 3.09. The third-order valence-corrected chi connectivity index (χ3v) is 6.16. The van der Waals surface area contributed by atoms with Crippen LogP contribution in [0.2, 0.25) is 0 Å². The zero-order chi connectivity index (χ0) is 21.4. The van der Waals surface area contributed by atoms with E-state index in [1.54, 1.807) is 37.1 Å². The first-order valence-electron chi connectivity index (χ1n) is 10.00. The minimum absolute atomic E-state index is 0.0567. The SMILES string of the molecule is CC[C@H](C)[C@H](NC)C(=O)N(C)[C@@H](Cc1ccccc1)C(=O)N(C)Cc1nccs1. The number of benzene rings is 1. The molecule has 0 fully saturated rings. The van der Waals surface area contributed by atoms with Crippen molar-refractivity contribution in [1.29, 1.82) is 0 Å². The van der Waals surface area contributed by atoms with Crippen LogP contribution in [0.25, 0.3) is 0 Å². The Bertz CT molecular complexity index is 766. The van der Waals surface area contributed by atoms with Crippen molar-refractivity contribution in [2.75, 3.05) is 21.1 Å². The molecule has 7 heteroatoms. The largest absolute Gasteiger partial charge is 0.337 e. The average molecular weight is 417 g/mol. The maximum absolute atomic E-state index is 13.4. The lowest BCUT2D eigenvalue weighted by Crippen LogP contribution is -2.55. The lowest BCUT2D eigenvalue weighted by atomic mass is 9.96. The van der Waals surface area contributed by atoms with Crippen LogP contribution in [0.15, 0.2) is 41.9 Å². The second-order valence-electron chi connectivity index (χ2n) is 7.43. The molecule has 1 N–H and O–H groups in total. The molecule has 0 aliphatic heterocycles. The average Bonchev–Trinajstić information content (AvgIpc) is 3.24. The summed E-state index contributed by atoms with van der Waals surface area (Å²) < 4.78 is 0. The smallest absolute Gasteiger partial charge is 0.245 e. The van der Waals surface area contributed by atoms with Gasteiger partial charge >= 0.3 is 0 Å². The molecule has 0 aliphatic rings. The summed E-state index contributed by atoms with van der Waals surface area (Å²) in [5.74, 6) is 0.0353. The molecule has 29 heavy (non-hydrogen) atoms. The van der Waals surface area contributed by atoms with E-state index in [4.69, 9.17) is 0 Å². The molecule has 0 spiro atoms. The highest BCUT2D eigenvalue weighted by Gasteiger charge is 2.34. The van der Waals surface area contributed by atoms with E-state index in [1.807, 2.05) is 35.7 Å². The van der Waals surface area contributed by atoms with Crippen LogP contribution >= 0.6 is 11.3 Å². The Morgan fingerprint density at radius 2 is 1.86 bits per heavy atom. The first kappa shape index (κ1) is 23.0. The van der Waals surface area contributed by atoms with Crippen LogP contribution in [0.1, 0.15) is 30.8 Å². The van der Waals surface area contributed by atoms with E-state index in [0.29, 0.717) is 13.0 Å². The van der Waals surface area contributed by atoms with E-state index in [9.17, 15) is 9.59 Å². The third-order valence-electron chi connectivity index (χ3n) is 5.39. The van der Waals surface area contributed by atoms with Gasteiger partial charge in [0.25, 0.3) is 0 Å². The molecule has 0 unspecified atom stereocenters. The fourth-order valence-corrected chi connectivity index (χ4v) is 4.02.